The molecule has 3 rings (SSSR count). The van der Waals surface area contributed by atoms with E-state index in [0.717, 1.165) is 30.8 Å². The maximum atomic E-state index is 11.0. The van der Waals surface area contributed by atoms with Gasteiger partial charge in [-0.1, -0.05) is 0 Å². The highest BCUT2D eigenvalue weighted by Gasteiger charge is 2.19. The molecular weight excluding hydrogens is 258 g/mol. The lowest BCUT2D eigenvalue weighted by atomic mass is 10.0. The third-order valence-corrected chi connectivity index (χ3v) is 4.62. The van der Waals surface area contributed by atoms with Crippen LogP contribution in [0, 0.1) is 6.92 Å². The van der Waals surface area contributed by atoms with Crippen molar-refractivity contribution in [2.45, 2.75) is 19.9 Å². The van der Waals surface area contributed by atoms with Crippen molar-refractivity contribution in [1.29, 1.82) is 0 Å². The highest BCUT2D eigenvalue weighted by Crippen LogP contribution is 2.30. The summed E-state index contributed by atoms with van der Waals surface area (Å²) in [6, 6.07) is 7.55. The maximum Gasteiger partial charge on any atom is 0.335 e. The summed E-state index contributed by atoms with van der Waals surface area (Å²) in [6.07, 6.45) is 1.08. The summed E-state index contributed by atoms with van der Waals surface area (Å²) in [5, 5.41) is 11.1. The van der Waals surface area contributed by atoms with Crippen LogP contribution in [-0.2, 0) is 13.0 Å². The van der Waals surface area contributed by atoms with Crippen LogP contribution in [0.5, 0.6) is 0 Å². The van der Waals surface area contributed by atoms with Crippen LogP contribution in [0.3, 0.4) is 0 Å². The van der Waals surface area contributed by atoms with Crippen LogP contribution < -0.4 is 4.90 Å². The van der Waals surface area contributed by atoms with Gasteiger partial charge in [0.05, 0.1) is 5.56 Å². The SMILES string of the molecule is Cc1cc(C(=O)O)ccc1N1CCc2sccc2C1. The molecule has 3 nitrogen and oxygen atoms in total. The van der Waals surface area contributed by atoms with E-state index in [1.54, 1.807) is 12.1 Å². The van der Waals surface area contributed by atoms with E-state index in [1.807, 2.05) is 24.3 Å². The molecule has 0 spiro atoms. The van der Waals surface area contributed by atoms with E-state index in [4.69, 9.17) is 5.11 Å². The van der Waals surface area contributed by atoms with Crippen molar-refractivity contribution < 1.29 is 9.90 Å². The molecule has 0 aliphatic carbocycles. The number of benzene rings is 1. The Morgan fingerprint density at radius 2 is 2.21 bits per heavy atom. The molecule has 0 unspecified atom stereocenters. The van der Waals surface area contributed by atoms with Crippen LogP contribution >= 0.6 is 11.3 Å². The summed E-state index contributed by atoms with van der Waals surface area (Å²) < 4.78 is 0. The zero-order chi connectivity index (χ0) is 13.4. The number of anilines is 1. The second-order valence-electron chi connectivity index (χ2n) is 4.85. The Bertz CT molecular complexity index is 633. The summed E-state index contributed by atoms with van der Waals surface area (Å²) in [7, 11) is 0. The standard InChI is InChI=1S/C15H15NO2S/c1-10-8-11(15(17)18)2-3-13(10)16-6-4-14-12(9-16)5-7-19-14/h2-3,5,7-8H,4,6,9H2,1H3,(H,17,18). The molecule has 4 heteroatoms. The molecule has 0 amide bonds. The Labute approximate surface area is 116 Å². The zero-order valence-electron chi connectivity index (χ0n) is 10.7. The van der Waals surface area contributed by atoms with E-state index in [-0.39, 0.29) is 0 Å². The van der Waals surface area contributed by atoms with Crippen molar-refractivity contribution >= 4 is 23.0 Å². The van der Waals surface area contributed by atoms with Gasteiger partial charge in [-0.05, 0) is 54.1 Å². The predicted molar refractivity (Wildman–Crippen MR) is 77.2 cm³/mol. The number of carboxylic acids is 1. The first-order chi connectivity index (χ1) is 9.15. The number of hydrogen-bond donors (Lipinski definition) is 1. The van der Waals surface area contributed by atoms with Gasteiger partial charge in [-0.25, -0.2) is 4.79 Å². The monoisotopic (exact) mass is 273 g/mol. The predicted octanol–water partition coefficient (Wildman–Crippen LogP) is 3.32. The lowest BCUT2D eigenvalue weighted by Gasteiger charge is -2.30. The number of rotatable bonds is 2. The molecule has 98 valence electrons. The van der Waals surface area contributed by atoms with E-state index in [0.29, 0.717) is 5.56 Å². The molecule has 1 aliphatic rings. The average molecular weight is 273 g/mol. The Kier molecular flexibility index (Phi) is 3.03. The molecule has 0 atom stereocenters. The molecule has 2 aromatic rings. The van der Waals surface area contributed by atoms with E-state index in [2.05, 4.69) is 16.3 Å². The fraction of sp³-hybridized carbons (Fsp3) is 0.267. The average Bonchev–Trinajstić information content (AvgIpc) is 2.85. The van der Waals surface area contributed by atoms with Gasteiger partial charge in [0.15, 0.2) is 0 Å². The molecular formula is C15H15NO2S. The third kappa shape index (κ3) is 2.24. The van der Waals surface area contributed by atoms with Gasteiger partial charge in [0.25, 0.3) is 0 Å². The van der Waals surface area contributed by atoms with Crippen LogP contribution in [0.4, 0.5) is 5.69 Å². The normalized spacial score (nSPS) is 14.3. The van der Waals surface area contributed by atoms with Crippen LogP contribution in [0.15, 0.2) is 29.6 Å². The maximum absolute atomic E-state index is 11.0. The quantitative estimate of drug-likeness (QED) is 0.912. The van der Waals surface area contributed by atoms with Crippen LogP contribution in [0.2, 0.25) is 0 Å². The number of carboxylic acid groups (broad SMARTS) is 1. The molecule has 1 aromatic carbocycles. The van der Waals surface area contributed by atoms with E-state index >= 15 is 0 Å². The third-order valence-electron chi connectivity index (χ3n) is 3.59. The highest BCUT2D eigenvalue weighted by molar-refractivity contribution is 7.10. The van der Waals surface area contributed by atoms with Crippen LogP contribution in [-0.4, -0.2) is 17.6 Å². The second-order valence-corrected chi connectivity index (χ2v) is 5.85. The van der Waals surface area contributed by atoms with Gasteiger partial charge in [-0.3, -0.25) is 0 Å². The molecule has 1 N–H and O–H groups in total. The molecule has 2 heterocycles. The number of nitrogens with zero attached hydrogens (tertiary/aromatic N) is 1. The molecule has 19 heavy (non-hydrogen) atoms. The minimum Gasteiger partial charge on any atom is -0.478 e. The summed E-state index contributed by atoms with van der Waals surface area (Å²) in [5.41, 5.74) is 3.92. The van der Waals surface area contributed by atoms with Gasteiger partial charge in [0, 0.05) is 23.7 Å². The second kappa shape index (κ2) is 4.70. The molecule has 0 fully saturated rings. The fourth-order valence-electron chi connectivity index (χ4n) is 2.60. The van der Waals surface area contributed by atoms with Gasteiger partial charge >= 0.3 is 5.97 Å². The Balaban J connectivity index is 1.90. The molecule has 0 saturated heterocycles. The Morgan fingerprint density at radius 1 is 1.37 bits per heavy atom. The Morgan fingerprint density at radius 3 is 2.95 bits per heavy atom. The van der Waals surface area contributed by atoms with E-state index in [1.165, 1.54) is 10.4 Å². The number of carbonyl (C=O) groups is 1. The van der Waals surface area contributed by atoms with Crippen molar-refractivity contribution in [1.82, 2.24) is 0 Å². The number of aryl methyl sites for hydroxylation is 1. The summed E-state index contributed by atoms with van der Waals surface area (Å²) >= 11 is 1.83. The minimum atomic E-state index is -0.867. The van der Waals surface area contributed by atoms with Gasteiger partial charge < -0.3 is 10.0 Å². The number of fused-ring (bicyclic) bond motifs is 1. The van der Waals surface area contributed by atoms with Crippen molar-refractivity contribution in [2.24, 2.45) is 0 Å². The van der Waals surface area contributed by atoms with Gasteiger partial charge in [0.1, 0.15) is 0 Å². The van der Waals surface area contributed by atoms with E-state index < -0.39 is 5.97 Å². The highest BCUT2D eigenvalue weighted by atomic mass is 32.1. The largest absolute Gasteiger partial charge is 0.478 e. The number of aromatic carboxylic acids is 1. The lowest BCUT2D eigenvalue weighted by molar-refractivity contribution is 0.0697. The van der Waals surface area contributed by atoms with Crippen molar-refractivity contribution in [3.63, 3.8) is 0 Å². The smallest absolute Gasteiger partial charge is 0.335 e. The molecule has 0 bridgehead atoms. The summed E-state index contributed by atoms with van der Waals surface area (Å²) in [6.45, 7) is 3.90. The minimum absolute atomic E-state index is 0.356. The van der Waals surface area contributed by atoms with Crippen LogP contribution in [0.25, 0.3) is 0 Å². The van der Waals surface area contributed by atoms with Crippen LogP contribution in [0.1, 0.15) is 26.4 Å². The first-order valence-corrected chi connectivity index (χ1v) is 7.17. The Hall–Kier alpha value is -1.81. The fourth-order valence-corrected chi connectivity index (χ4v) is 3.49. The zero-order valence-corrected chi connectivity index (χ0v) is 11.5. The number of thiophene rings is 1. The van der Waals surface area contributed by atoms with E-state index in [9.17, 15) is 4.79 Å². The van der Waals surface area contributed by atoms with Gasteiger partial charge in [0.2, 0.25) is 0 Å². The molecule has 1 aliphatic heterocycles. The van der Waals surface area contributed by atoms with Gasteiger partial charge in [-0.2, -0.15) is 0 Å². The summed E-state index contributed by atoms with van der Waals surface area (Å²) in [4.78, 5) is 14.8. The summed E-state index contributed by atoms with van der Waals surface area (Å²) in [5.74, 6) is -0.867. The van der Waals surface area contributed by atoms with Crippen molar-refractivity contribution in [3.8, 4) is 0 Å². The molecule has 1 aromatic heterocycles. The van der Waals surface area contributed by atoms with Crippen molar-refractivity contribution in [2.75, 3.05) is 11.4 Å². The molecule has 0 radical (unpaired) electrons. The topological polar surface area (TPSA) is 40.5 Å². The first-order valence-electron chi connectivity index (χ1n) is 6.29. The first kappa shape index (κ1) is 12.2. The van der Waals surface area contributed by atoms with Crippen molar-refractivity contribution in [3.05, 3.63) is 51.2 Å². The van der Waals surface area contributed by atoms with Gasteiger partial charge in [-0.15, -0.1) is 11.3 Å². The molecule has 0 saturated carbocycles. The lowest BCUT2D eigenvalue weighted by Crippen LogP contribution is -2.29. The number of hydrogen-bond acceptors (Lipinski definition) is 3.